The van der Waals surface area contributed by atoms with Crippen molar-refractivity contribution in [2.75, 3.05) is 0 Å². The van der Waals surface area contributed by atoms with Crippen LogP contribution in [0.3, 0.4) is 0 Å². The first-order chi connectivity index (χ1) is 8.40. The van der Waals surface area contributed by atoms with Gasteiger partial charge in [0.25, 0.3) is 0 Å². The van der Waals surface area contributed by atoms with Crippen molar-refractivity contribution in [1.29, 1.82) is 0 Å². The highest BCUT2D eigenvalue weighted by atomic mass is 79.9. The Morgan fingerprint density at radius 2 is 2.11 bits per heavy atom. The zero-order chi connectivity index (χ0) is 13.3. The zero-order valence-corrected chi connectivity index (χ0v) is 12.6. The van der Waals surface area contributed by atoms with Crippen molar-refractivity contribution < 1.29 is 9.53 Å². The summed E-state index contributed by atoms with van der Waals surface area (Å²) in [6.45, 7) is 6.95. The normalized spacial score (nSPS) is 14.6. The van der Waals surface area contributed by atoms with Gasteiger partial charge in [-0.05, 0) is 37.5 Å². The number of hydrogen-bond acceptors (Lipinski definition) is 2. The fourth-order valence-corrected chi connectivity index (χ4v) is 2.60. The molecule has 0 radical (unpaired) electrons. The Labute approximate surface area is 116 Å². The molecule has 0 atom stereocenters. The van der Waals surface area contributed by atoms with Crippen molar-refractivity contribution in [2.45, 2.75) is 44.8 Å². The first-order valence-corrected chi connectivity index (χ1v) is 7.16. The Balaban J connectivity index is 2.13. The average Bonchev–Trinajstić information content (AvgIpc) is 2.70. The number of benzene rings is 1. The second-order valence-corrected chi connectivity index (χ2v) is 6.09. The van der Waals surface area contributed by atoms with Crippen LogP contribution in [0.4, 0.5) is 4.79 Å². The number of hydrogen-bond donors (Lipinski definition) is 0. The predicted molar refractivity (Wildman–Crippen MR) is 74.6 cm³/mol. The van der Waals surface area contributed by atoms with Crippen molar-refractivity contribution >= 4 is 22.0 Å². The number of fused-ring (bicyclic) bond motifs is 1. The number of ether oxygens (including phenoxy) is 1. The molecule has 0 N–H and O–H groups in total. The maximum absolute atomic E-state index is 12.0. The van der Waals surface area contributed by atoms with Crippen molar-refractivity contribution in [2.24, 2.45) is 0 Å². The summed E-state index contributed by atoms with van der Waals surface area (Å²) >= 11 is 3.48. The predicted octanol–water partition coefficient (Wildman–Crippen LogP) is 3.83. The van der Waals surface area contributed by atoms with Crippen molar-refractivity contribution in [1.82, 2.24) is 4.90 Å². The molecule has 0 saturated heterocycles. The van der Waals surface area contributed by atoms with Crippen LogP contribution in [0.15, 0.2) is 18.2 Å². The van der Waals surface area contributed by atoms with E-state index in [0.29, 0.717) is 13.1 Å². The molecule has 0 aliphatic carbocycles. The van der Waals surface area contributed by atoms with Crippen molar-refractivity contribution in [3.8, 4) is 0 Å². The van der Waals surface area contributed by atoms with E-state index in [-0.39, 0.29) is 6.09 Å². The molecular weight excluding hydrogens is 294 g/mol. The lowest BCUT2D eigenvalue weighted by Gasteiger charge is -2.24. The number of amides is 1. The highest BCUT2D eigenvalue weighted by molar-refractivity contribution is 9.08. The smallest absolute Gasteiger partial charge is 0.410 e. The fraction of sp³-hybridized carbons (Fsp3) is 0.500. The van der Waals surface area contributed by atoms with E-state index >= 15 is 0 Å². The third-order valence-electron chi connectivity index (χ3n) is 2.88. The van der Waals surface area contributed by atoms with Crippen molar-refractivity contribution in [3.63, 3.8) is 0 Å². The molecule has 0 saturated carbocycles. The average molecular weight is 312 g/mol. The van der Waals surface area contributed by atoms with E-state index < -0.39 is 5.60 Å². The van der Waals surface area contributed by atoms with Gasteiger partial charge in [0.2, 0.25) is 0 Å². The van der Waals surface area contributed by atoms with Gasteiger partial charge in [0.15, 0.2) is 0 Å². The number of alkyl halides is 1. The summed E-state index contributed by atoms with van der Waals surface area (Å²) in [6.07, 6.45) is -0.237. The number of carbonyl (C=O) groups excluding carboxylic acids is 1. The van der Waals surface area contributed by atoms with Crippen molar-refractivity contribution in [3.05, 3.63) is 34.9 Å². The van der Waals surface area contributed by atoms with E-state index in [4.69, 9.17) is 4.74 Å². The highest BCUT2D eigenvalue weighted by Gasteiger charge is 2.28. The van der Waals surface area contributed by atoms with Crippen LogP contribution < -0.4 is 0 Å². The summed E-state index contributed by atoms with van der Waals surface area (Å²) in [5.74, 6) is 0. The van der Waals surface area contributed by atoms with E-state index in [1.807, 2.05) is 26.8 Å². The van der Waals surface area contributed by atoms with Crippen LogP contribution in [0.1, 0.15) is 37.5 Å². The Morgan fingerprint density at radius 1 is 1.39 bits per heavy atom. The van der Waals surface area contributed by atoms with Crippen LogP contribution in [-0.4, -0.2) is 16.6 Å². The Kier molecular flexibility index (Phi) is 3.66. The van der Waals surface area contributed by atoms with E-state index in [9.17, 15) is 4.79 Å². The molecule has 4 heteroatoms. The minimum Gasteiger partial charge on any atom is -0.444 e. The SMILES string of the molecule is CC(C)(C)OC(=O)N1Cc2cccc(CBr)c2C1. The van der Waals surface area contributed by atoms with Crippen LogP contribution in [0.25, 0.3) is 0 Å². The molecule has 3 nitrogen and oxygen atoms in total. The number of rotatable bonds is 1. The second kappa shape index (κ2) is 4.92. The Hall–Kier alpha value is -1.03. The third-order valence-corrected chi connectivity index (χ3v) is 3.48. The molecule has 0 bridgehead atoms. The second-order valence-electron chi connectivity index (χ2n) is 5.52. The van der Waals surface area contributed by atoms with Gasteiger partial charge in [0, 0.05) is 11.9 Å². The molecule has 0 unspecified atom stereocenters. The van der Waals surface area contributed by atoms with Crippen LogP contribution in [0, 0.1) is 0 Å². The standard InChI is InChI=1S/C14H18BrNO2/c1-14(2,3)18-13(17)16-8-11-6-4-5-10(7-15)12(11)9-16/h4-6H,7-9H2,1-3H3. The molecule has 1 heterocycles. The van der Waals surface area contributed by atoms with E-state index in [1.54, 1.807) is 4.90 Å². The van der Waals surface area contributed by atoms with Gasteiger partial charge in [-0.2, -0.15) is 0 Å². The van der Waals surface area contributed by atoms with Gasteiger partial charge in [-0.1, -0.05) is 34.1 Å². The first-order valence-electron chi connectivity index (χ1n) is 6.04. The lowest BCUT2D eigenvalue weighted by Crippen LogP contribution is -2.33. The molecule has 1 aliphatic heterocycles. The Morgan fingerprint density at radius 3 is 2.72 bits per heavy atom. The van der Waals surface area contributed by atoms with E-state index in [1.165, 1.54) is 16.7 Å². The third kappa shape index (κ3) is 2.86. The minimum atomic E-state index is -0.440. The van der Waals surface area contributed by atoms with E-state index in [0.717, 1.165) is 5.33 Å². The highest BCUT2D eigenvalue weighted by Crippen LogP contribution is 2.28. The molecule has 18 heavy (non-hydrogen) atoms. The molecule has 1 aliphatic rings. The lowest BCUT2D eigenvalue weighted by molar-refractivity contribution is 0.0241. The van der Waals surface area contributed by atoms with Crippen LogP contribution in [-0.2, 0) is 23.2 Å². The molecule has 0 spiro atoms. The molecule has 98 valence electrons. The summed E-state index contributed by atoms with van der Waals surface area (Å²) in [5, 5.41) is 0.818. The van der Waals surface area contributed by atoms with Crippen LogP contribution in [0.5, 0.6) is 0 Å². The Bertz CT molecular complexity index is 465. The fourth-order valence-electron chi connectivity index (χ4n) is 2.07. The van der Waals surface area contributed by atoms with Crippen LogP contribution in [0.2, 0.25) is 0 Å². The lowest BCUT2D eigenvalue weighted by atomic mass is 10.1. The van der Waals surface area contributed by atoms with Gasteiger partial charge in [-0.15, -0.1) is 0 Å². The number of carbonyl (C=O) groups is 1. The summed E-state index contributed by atoms with van der Waals surface area (Å²) < 4.78 is 5.40. The molecular formula is C14H18BrNO2. The maximum Gasteiger partial charge on any atom is 0.410 e. The summed E-state index contributed by atoms with van der Waals surface area (Å²) in [7, 11) is 0. The van der Waals surface area contributed by atoms with Gasteiger partial charge in [0.1, 0.15) is 5.60 Å². The molecule has 1 amide bonds. The monoisotopic (exact) mass is 311 g/mol. The van der Waals surface area contributed by atoms with Gasteiger partial charge in [-0.25, -0.2) is 4.79 Å². The van der Waals surface area contributed by atoms with E-state index in [2.05, 4.69) is 28.1 Å². The zero-order valence-electron chi connectivity index (χ0n) is 11.0. The van der Waals surface area contributed by atoms with Gasteiger partial charge >= 0.3 is 6.09 Å². The number of halogens is 1. The molecule has 0 aromatic heterocycles. The summed E-state index contributed by atoms with van der Waals surface area (Å²) in [6, 6.07) is 6.20. The summed E-state index contributed by atoms with van der Waals surface area (Å²) in [4.78, 5) is 13.8. The minimum absolute atomic E-state index is 0.237. The van der Waals surface area contributed by atoms with Gasteiger partial charge < -0.3 is 4.74 Å². The molecule has 0 fully saturated rings. The number of nitrogens with zero attached hydrogens (tertiary/aromatic N) is 1. The van der Waals surface area contributed by atoms with Gasteiger partial charge in [-0.3, -0.25) is 4.90 Å². The molecule has 1 aromatic rings. The summed E-state index contributed by atoms with van der Waals surface area (Å²) in [5.41, 5.74) is 3.28. The quantitative estimate of drug-likeness (QED) is 0.738. The molecule has 1 aromatic carbocycles. The largest absolute Gasteiger partial charge is 0.444 e. The van der Waals surface area contributed by atoms with Gasteiger partial charge in [0.05, 0.1) is 6.54 Å². The maximum atomic E-state index is 12.0. The topological polar surface area (TPSA) is 29.5 Å². The first kappa shape index (κ1) is 13.4. The van der Waals surface area contributed by atoms with Crippen LogP contribution >= 0.6 is 15.9 Å². The molecule has 2 rings (SSSR count).